The van der Waals surface area contributed by atoms with Crippen LogP contribution in [0.3, 0.4) is 0 Å². The van der Waals surface area contributed by atoms with E-state index >= 15 is 0 Å². The van der Waals surface area contributed by atoms with Crippen molar-refractivity contribution in [2.75, 3.05) is 26.2 Å². The van der Waals surface area contributed by atoms with Crippen LogP contribution in [0.15, 0.2) is 36.7 Å². The molecule has 4 aliphatic rings. The van der Waals surface area contributed by atoms with E-state index in [0.29, 0.717) is 13.1 Å². The van der Waals surface area contributed by atoms with E-state index in [1.807, 2.05) is 12.2 Å². The van der Waals surface area contributed by atoms with E-state index in [0.717, 1.165) is 31.0 Å². The van der Waals surface area contributed by atoms with Gasteiger partial charge in [0.15, 0.2) is 0 Å². The molecule has 2 atom stereocenters. The Bertz CT molecular complexity index is 1180. The Morgan fingerprint density at radius 1 is 0.818 bits per heavy atom. The standard InChI is InChI=1S/C18H16N6O6S3/c25-17-21-7-3-11(15-1-5-19-31-15)13(9-21)23(17)29-33(27,28)30-24-14-10-22(18(24)26)8-4-12(14)16-2-6-20-32-16/h1-6,13-14H,7-10H2. The summed E-state index contributed by atoms with van der Waals surface area (Å²) in [5.74, 6) is 0. The van der Waals surface area contributed by atoms with Crippen LogP contribution in [0, 0.1) is 0 Å². The summed E-state index contributed by atoms with van der Waals surface area (Å²) in [6.45, 7) is 1.20. The molecule has 0 spiro atoms. The van der Waals surface area contributed by atoms with Crippen molar-refractivity contribution in [3.63, 3.8) is 0 Å². The number of hydrogen-bond acceptors (Lipinski definition) is 10. The first-order valence-electron chi connectivity index (χ1n) is 9.94. The number of nitrogens with zero attached hydrogens (tertiary/aromatic N) is 6. The summed E-state index contributed by atoms with van der Waals surface area (Å²) in [5.41, 5.74) is 1.51. The topological polar surface area (TPSA) is 125 Å². The Balaban J connectivity index is 1.23. The fraction of sp³-hybridized carbons (Fsp3) is 0.333. The lowest BCUT2D eigenvalue weighted by Crippen LogP contribution is -2.41. The molecule has 4 amide bonds. The van der Waals surface area contributed by atoms with Gasteiger partial charge in [-0.3, -0.25) is 0 Å². The van der Waals surface area contributed by atoms with Crippen LogP contribution in [-0.4, -0.2) is 87.4 Å². The second-order valence-electron chi connectivity index (χ2n) is 7.69. The minimum absolute atomic E-state index is 0.273. The van der Waals surface area contributed by atoms with E-state index in [2.05, 4.69) is 8.75 Å². The first-order chi connectivity index (χ1) is 15.9. The van der Waals surface area contributed by atoms with Gasteiger partial charge < -0.3 is 9.80 Å². The Morgan fingerprint density at radius 2 is 1.27 bits per heavy atom. The van der Waals surface area contributed by atoms with Gasteiger partial charge in [0.1, 0.15) is 12.1 Å². The summed E-state index contributed by atoms with van der Waals surface area (Å²) in [4.78, 5) is 30.0. The van der Waals surface area contributed by atoms with Crippen LogP contribution < -0.4 is 0 Å². The Labute approximate surface area is 196 Å². The third-order valence-electron chi connectivity index (χ3n) is 5.84. The average Bonchev–Trinajstić information content (AvgIpc) is 3.60. The summed E-state index contributed by atoms with van der Waals surface area (Å²) in [6.07, 6.45) is 6.97. The molecular formula is C18H16N6O6S3. The van der Waals surface area contributed by atoms with Gasteiger partial charge >= 0.3 is 22.5 Å². The van der Waals surface area contributed by atoms with Crippen LogP contribution in [0.1, 0.15) is 9.75 Å². The maximum atomic E-state index is 12.9. The normalized spacial score (nSPS) is 24.6. The Kier molecular flexibility index (Phi) is 4.77. The summed E-state index contributed by atoms with van der Waals surface area (Å²) in [6, 6.07) is 1.11. The molecule has 4 aliphatic heterocycles. The van der Waals surface area contributed by atoms with Gasteiger partial charge in [0.2, 0.25) is 0 Å². The Hall–Kier alpha value is -2.85. The van der Waals surface area contributed by atoms with Crippen molar-refractivity contribution in [1.29, 1.82) is 0 Å². The molecule has 0 N–H and O–H groups in total. The molecule has 2 aromatic rings. The monoisotopic (exact) mass is 508 g/mol. The number of carbonyl (C=O) groups excluding carboxylic acids is 2. The lowest BCUT2D eigenvalue weighted by Gasteiger charge is -2.25. The molecule has 6 rings (SSSR count). The molecule has 2 saturated heterocycles. The van der Waals surface area contributed by atoms with E-state index in [1.54, 1.807) is 24.5 Å². The third-order valence-corrected chi connectivity index (χ3v) is 8.12. The van der Waals surface area contributed by atoms with Crippen LogP contribution in [0.4, 0.5) is 9.59 Å². The largest absolute Gasteiger partial charge is 0.442 e. The van der Waals surface area contributed by atoms with Crippen molar-refractivity contribution in [1.82, 2.24) is 28.7 Å². The van der Waals surface area contributed by atoms with Crippen molar-refractivity contribution in [2.24, 2.45) is 0 Å². The molecule has 0 aromatic carbocycles. The van der Waals surface area contributed by atoms with Gasteiger partial charge in [-0.2, -0.15) is 18.5 Å². The van der Waals surface area contributed by atoms with E-state index < -0.39 is 34.5 Å². The Morgan fingerprint density at radius 3 is 1.67 bits per heavy atom. The molecule has 2 unspecified atom stereocenters. The highest BCUT2D eigenvalue weighted by molar-refractivity contribution is 7.81. The molecule has 172 valence electrons. The molecule has 15 heteroatoms. The van der Waals surface area contributed by atoms with Gasteiger partial charge in [-0.1, -0.05) is 12.2 Å². The minimum Gasteiger partial charge on any atom is -0.317 e. The summed E-state index contributed by atoms with van der Waals surface area (Å²) >= 11 is 2.49. The van der Waals surface area contributed by atoms with Gasteiger partial charge in [0.05, 0.1) is 22.8 Å². The van der Waals surface area contributed by atoms with E-state index in [1.165, 1.54) is 32.9 Å². The molecule has 2 aromatic heterocycles. The second-order valence-corrected chi connectivity index (χ2v) is 10.5. The summed E-state index contributed by atoms with van der Waals surface area (Å²) in [7, 11) is -4.80. The van der Waals surface area contributed by atoms with Crippen molar-refractivity contribution >= 4 is 56.7 Å². The predicted octanol–water partition coefficient (Wildman–Crippen LogP) is 1.41. The zero-order valence-electron chi connectivity index (χ0n) is 16.8. The van der Waals surface area contributed by atoms with Crippen LogP contribution >= 0.6 is 23.1 Å². The highest BCUT2D eigenvalue weighted by Gasteiger charge is 2.49. The zero-order valence-corrected chi connectivity index (χ0v) is 19.3. The maximum Gasteiger partial charge on any atom is 0.442 e. The molecule has 0 aliphatic carbocycles. The highest BCUT2D eigenvalue weighted by atomic mass is 32.3. The number of urea groups is 2. The molecular weight excluding hydrogens is 492 g/mol. The highest BCUT2D eigenvalue weighted by Crippen LogP contribution is 2.37. The minimum atomic E-state index is -4.80. The van der Waals surface area contributed by atoms with Gasteiger partial charge in [0, 0.05) is 25.5 Å². The average molecular weight is 509 g/mol. The number of carbonyl (C=O) groups is 2. The van der Waals surface area contributed by atoms with Crippen LogP contribution in [0.25, 0.3) is 11.1 Å². The first-order valence-corrected chi connectivity index (χ1v) is 12.8. The zero-order chi connectivity index (χ0) is 22.7. The van der Waals surface area contributed by atoms with E-state index in [9.17, 15) is 18.0 Å². The first kappa shape index (κ1) is 20.7. The van der Waals surface area contributed by atoms with Crippen molar-refractivity contribution in [3.8, 4) is 0 Å². The fourth-order valence-corrected chi connectivity index (χ4v) is 6.47. The smallest absolute Gasteiger partial charge is 0.317 e. The number of rotatable bonds is 6. The van der Waals surface area contributed by atoms with Gasteiger partial charge in [0.25, 0.3) is 0 Å². The van der Waals surface area contributed by atoms with Gasteiger partial charge in [-0.15, -0.1) is 8.57 Å². The quantitative estimate of drug-likeness (QED) is 0.574. The molecule has 4 bridgehead atoms. The van der Waals surface area contributed by atoms with Crippen molar-refractivity contribution < 1.29 is 26.6 Å². The molecule has 2 fully saturated rings. The second kappa shape index (κ2) is 7.59. The third kappa shape index (κ3) is 3.43. The number of aromatic nitrogens is 2. The van der Waals surface area contributed by atoms with E-state index in [-0.39, 0.29) is 13.1 Å². The lowest BCUT2D eigenvalue weighted by molar-refractivity contribution is -0.0701. The van der Waals surface area contributed by atoms with Gasteiger partial charge in [-0.25, -0.2) is 18.3 Å². The molecule has 0 radical (unpaired) electrons. The predicted molar refractivity (Wildman–Crippen MR) is 116 cm³/mol. The van der Waals surface area contributed by atoms with Crippen LogP contribution in [0.5, 0.6) is 0 Å². The van der Waals surface area contributed by atoms with Crippen molar-refractivity contribution in [2.45, 2.75) is 12.1 Å². The van der Waals surface area contributed by atoms with Crippen LogP contribution in [0.2, 0.25) is 0 Å². The van der Waals surface area contributed by atoms with Gasteiger partial charge in [-0.05, 0) is 46.3 Å². The fourth-order valence-electron chi connectivity index (χ4n) is 4.35. The summed E-state index contributed by atoms with van der Waals surface area (Å²) in [5, 5.41) is 1.58. The van der Waals surface area contributed by atoms with Crippen molar-refractivity contribution in [3.05, 3.63) is 46.4 Å². The van der Waals surface area contributed by atoms with E-state index in [4.69, 9.17) is 8.57 Å². The number of amides is 4. The number of hydroxylamine groups is 4. The molecule has 33 heavy (non-hydrogen) atoms. The molecule has 6 heterocycles. The maximum absolute atomic E-state index is 12.9. The SMILES string of the molecule is O=C1N2CC=C(c3ccns3)C(C2)N1OS(=O)(=O)ON1C(=O)N2CC=C(c3ccns3)C1C2. The van der Waals surface area contributed by atoms with Crippen LogP contribution in [-0.2, 0) is 19.0 Å². The molecule has 12 nitrogen and oxygen atoms in total. The summed E-state index contributed by atoms with van der Waals surface area (Å²) < 4.78 is 44.2. The lowest BCUT2D eigenvalue weighted by atomic mass is 10.0. The number of hydrogen-bond donors (Lipinski definition) is 0. The number of fused-ring (bicyclic) bond motifs is 4. The molecule has 0 saturated carbocycles.